The molecule has 1 aromatic heterocycles. The zero-order valence-corrected chi connectivity index (χ0v) is 11.9. The summed E-state index contributed by atoms with van der Waals surface area (Å²) in [4.78, 5) is 12.7. The van der Waals surface area contributed by atoms with Gasteiger partial charge >= 0.3 is 0 Å². The molecule has 0 bridgehead atoms. The van der Waals surface area contributed by atoms with Crippen molar-refractivity contribution in [2.24, 2.45) is 0 Å². The zero-order chi connectivity index (χ0) is 12.4. The second kappa shape index (κ2) is 5.02. The highest BCUT2D eigenvalue weighted by Gasteiger charge is 2.08. The molecule has 2 rings (SSSR count). The lowest BCUT2D eigenvalue weighted by atomic mass is 10.1. The lowest BCUT2D eigenvalue weighted by molar-refractivity contribution is 0.415. The molecule has 0 aliphatic heterocycles. The van der Waals surface area contributed by atoms with Gasteiger partial charge in [-0.1, -0.05) is 23.5 Å². The van der Waals surface area contributed by atoms with E-state index in [1.54, 1.807) is 7.11 Å². The Bertz CT molecular complexity index is 587. The number of ether oxygens (including phenoxy) is 1. The average Bonchev–Trinajstić information content (AvgIpc) is 2.34. The van der Waals surface area contributed by atoms with Gasteiger partial charge in [0, 0.05) is 10.4 Å². The summed E-state index contributed by atoms with van der Waals surface area (Å²) >= 11 is 4.60. The van der Waals surface area contributed by atoms with Gasteiger partial charge in [0.15, 0.2) is 0 Å². The van der Waals surface area contributed by atoms with E-state index in [4.69, 9.17) is 4.74 Å². The summed E-state index contributed by atoms with van der Waals surface area (Å²) in [6, 6.07) is 9.68. The van der Waals surface area contributed by atoms with Crippen molar-refractivity contribution in [2.75, 3.05) is 7.11 Å². The molecule has 0 N–H and O–H groups in total. The molecule has 0 saturated heterocycles. The summed E-state index contributed by atoms with van der Waals surface area (Å²) in [5.74, 6) is 0.808. The van der Waals surface area contributed by atoms with E-state index in [9.17, 15) is 4.79 Å². The molecule has 2 nitrogen and oxygen atoms in total. The molecule has 0 atom stereocenters. The molecule has 4 heteroatoms. The number of hydrogen-bond acceptors (Lipinski definition) is 3. The molecule has 0 radical (unpaired) electrons. The van der Waals surface area contributed by atoms with Crippen LogP contribution in [0.1, 0.15) is 4.88 Å². The van der Waals surface area contributed by atoms with Crippen LogP contribution in [0.25, 0.3) is 11.1 Å². The van der Waals surface area contributed by atoms with Gasteiger partial charge in [-0.15, -0.1) is 0 Å². The summed E-state index contributed by atoms with van der Waals surface area (Å²) in [6.45, 7) is 1.94. The summed E-state index contributed by atoms with van der Waals surface area (Å²) in [6.07, 6.45) is 0. The normalized spacial score (nSPS) is 10.3. The molecule has 0 spiro atoms. The molecule has 0 aliphatic rings. The fourth-order valence-corrected chi connectivity index (χ4v) is 2.83. The monoisotopic (exact) mass is 310 g/mol. The van der Waals surface area contributed by atoms with Crippen LogP contribution in [0.3, 0.4) is 0 Å². The molecule has 2 aromatic rings. The molecule has 17 heavy (non-hydrogen) atoms. The van der Waals surface area contributed by atoms with Crippen LogP contribution in [-0.4, -0.2) is 7.11 Å². The quantitative estimate of drug-likeness (QED) is 0.842. The highest BCUT2D eigenvalue weighted by molar-refractivity contribution is 9.10. The Hall–Kier alpha value is -1.13. The first-order valence-corrected chi connectivity index (χ1v) is 6.67. The zero-order valence-electron chi connectivity index (χ0n) is 9.49. The fourth-order valence-electron chi connectivity index (χ4n) is 1.58. The van der Waals surface area contributed by atoms with E-state index < -0.39 is 0 Å². The maximum absolute atomic E-state index is 11.7. The summed E-state index contributed by atoms with van der Waals surface area (Å²) in [7, 11) is 1.63. The maximum atomic E-state index is 11.7. The van der Waals surface area contributed by atoms with Crippen molar-refractivity contribution in [3.8, 4) is 16.9 Å². The fraction of sp³-hybridized carbons (Fsp3) is 0.154. The molecule has 0 amide bonds. The topological polar surface area (TPSA) is 26.3 Å². The number of hydrogen-bond donors (Lipinski definition) is 0. The Labute approximate surface area is 112 Å². The third kappa shape index (κ3) is 2.58. The van der Waals surface area contributed by atoms with E-state index >= 15 is 0 Å². The Kier molecular flexibility index (Phi) is 3.64. The van der Waals surface area contributed by atoms with Crippen molar-refractivity contribution in [1.82, 2.24) is 0 Å². The van der Waals surface area contributed by atoms with Gasteiger partial charge in [0.2, 0.25) is 4.74 Å². The number of rotatable bonds is 2. The lowest BCUT2D eigenvalue weighted by Crippen LogP contribution is -1.98. The highest BCUT2D eigenvalue weighted by atomic mass is 79.9. The van der Waals surface area contributed by atoms with Crippen LogP contribution in [0.5, 0.6) is 5.75 Å². The molecule has 0 aliphatic carbocycles. The lowest BCUT2D eigenvalue weighted by Gasteiger charge is -2.06. The van der Waals surface area contributed by atoms with Crippen molar-refractivity contribution in [3.05, 3.63) is 49.2 Å². The molecule has 1 heterocycles. The summed E-state index contributed by atoms with van der Waals surface area (Å²) in [5.41, 5.74) is 1.93. The second-order valence-corrected chi connectivity index (χ2v) is 5.61. The number of halogens is 1. The van der Waals surface area contributed by atoms with Crippen molar-refractivity contribution in [3.63, 3.8) is 0 Å². The largest absolute Gasteiger partial charge is 0.497 e. The molecule has 1 aromatic carbocycles. The van der Waals surface area contributed by atoms with Crippen LogP contribution in [-0.2, 0) is 0 Å². The number of aryl methyl sites for hydroxylation is 1. The summed E-state index contributed by atoms with van der Waals surface area (Å²) in [5, 5.41) is 0. The average molecular weight is 311 g/mol. The van der Waals surface area contributed by atoms with Gasteiger partial charge in [-0.05, 0) is 46.6 Å². The Balaban J connectivity index is 2.56. The van der Waals surface area contributed by atoms with Gasteiger partial charge in [0.25, 0.3) is 0 Å². The van der Waals surface area contributed by atoms with E-state index in [1.165, 1.54) is 11.3 Å². The van der Waals surface area contributed by atoms with Crippen LogP contribution < -0.4 is 9.48 Å². The Morgan fingerprint density at radius 2 is 1.88 bits per heavy atom. The molecule has 0 fully saturated rings. The van der Waals surface area contributed by atoms with E-state index in [0.717, 1.165) is 21.8 Å². The molecular formula is C13H11BrO2S. The van der Waals surface area contributed by atoms with Gasteiger partial charge in [0.05, 0.1) is 11.6 Å². The Morgan fingerprint density at radius 1 is 1.24 bits per heavy atom. The molecule has 0 saturated carbocycles. The van der Waals surface area contributed by atoms with Crippen LogP contribution in [0.15, 0.2) is 39.6 Å². The first-order valence-electron chi connectivity index (χ1n) is 5.06. The molecule has 88 valence electrons. The van der Waals surface area contributed by atoms with Gasteiger partial charge in [0.1, 0.15) is 5.75 Å². The van der Waals surface area contributed by atoms with E-state index in [1.807, 2.05) is 37.3 Å². The van der Waals surface area contributed by atoms with Crippen LogP contribution in [0.4, 0.5) is 0 Å². The smallest absolute Gasteiger partial charge is 0.247 e. The van der Waals surface area contributed by atoms with Crippen molar-refractivity contribution < 1.29 is 4.74 Å². The van der Waals surface area contributed by atoms with E-state index in [0.29, 0.717) is 4.47 Å². The minimum absolute atomic E-state index is 0.0517. The predicted molar refractivity (Wildman–Crippen MR) is 75.0 cm³/mol. The standard InChI is InChI=1S/C13H11BrO2S/c1-8-7-11(12(14)13(15)17-8)9-3-5-10(16-2)6-4-9/h3-7H,1-2H3. The van der Waals surface area contributed by atoms with Crippen LogP contribution >= 0.6 is 27.3 Å². The van der Waals surface area contributed by atoms with Gasteiger partial charge in [-0.2, -0.15) is 0 Å². The predicted octanol–water partition coefficient (Wildman–Crippen LogP) is 3.85. The Morgan fingerprint density at radius 3 is 2.47 bits per heavy atom. The second-order valence-electron chi connectivity index (χ2n) is 3.60. The van der Waals surface area contributed by atoms with Gasteiger partial charge in [-0.3, -0.25) is 4.79 Å². The minimum atomic E-state index is 0.0517. The summed E-state index contributed by atoms with van der Waals surface area (Å²) < 4.78 is 5.79. The first kappa shape index (κ1) is 12.3. The third-order valence-electron chi connectivity index (χ3n) is 2.42. The minimum Gasteiger partial charge on any atom is -0.497 e. The first-order chi connectivity index (χ1) is 8.11. The van der Waals surface area contributed by atoms with Crippen molar-refractivity contribution in [2.45, 2.75) is 6.92 Å². The van der Waals surface area contributed by atoms with Crippen LogP contribution in [0, 0.1) is 6.92 Å². The SMILES string of the molecule is COc1ccc(-c2cc(C)sc(=O)c2Br)cc1. The number of benzene rings is 1. The van der Waals surface area contributed by atoms with E-state index in [-0.39, 0.29) is 4.74 Å². The number of methoxy groups -OCH3 is 1. The van der Waals surface area contributed by atoms with Gasteiger partial charge < -0.3 is 4.74 Å². The van der Waals surface area contributed by atoms with Crippen molar-refractivity contribution >= 4 is 27.3 Å². The van der Waals surface area contributed by atoms with Gasteiger partial charge in [-0.25, -0.2) is 0 Å². The molecular weight excluding hydrogens is 300 g/mol. The van der Waals surface area contributed by atoms with E-state index in [2.05, 4.69) is 15.9 Å². The third-order valence-corrected chi connectivity index (χ3v) is 4.30. The molecule has 0 unspecified atom stereocenters. The van der Waals surface area contributed by atoms with Crippen LogP contribution in [0.2, 0.25) is 0 Å². The maximum Gasteiger partial charge on any atom is 0.247 e. The van der Waals surface area contributed by atoms with Crippen molar-refractivity contribution in [1.29, 1.82) is 0 Å². The highest BCUT2D eigenvalue weighted by Crippen LogP contribution is 2.29.